The number of nitrogens with one attached hydrogen (secondary N) is 1. The Bertz CT molecular complexity index is 991. The number of amides is 1. The molecule has 1 amide bonds. The van der Waals surface area contributed by atoms with Gasteiger partial charge in [0.15, 0.2) is 5.76 Å². The molecule has 1 fully saturated rings. The van der Waals surface area contributed by atoms with E-state index in [0.717, 1.165) is 38.6 Å². The minimum atomic E-state index is -0.208. The van der Waals surface area contributed by atoms with Crippen molar-refractivity contribution in [2.75, 3.05) is 39.4 Å². The maximum absolute atomic E-state index is 13.0. The molecular formula is C21H23ClN4O3. The van der Waals surface area contributed by atoms with Gasteiger partial charge in [0.25, 0.3) is 5.91 Å². The lowest BCUT2D eigenvalue weighted by Crippen LogP contribution is -2.41. The maximum Gasteiger partial charge on any atom is 0.270 e. The molecule has 1 N–H and O–H groups in total. The Morgan fingerprint density at radius 1 is 1.21 bits per heavy atom. The van der Waals surface area contributed by atoms with Gasteiger partial charge in [-0.2, -0.15) is 5.10 Å². The predicted molar refractivity (Wildman–Crippen MR) is 111 cm³/mol. The Hall–Kier alpha value is -2.61. The van der Waals surface area contributed by atoms with Crippen LogP contribution in [0.1, 0.15) is 16.2 Å². The first kappa shape index (κ1) is 19.7. The van der Waals surface area contributed by atoms with Crippen molar-refractivity contribution in [3.63, 3.8) is 0 Å². The minimum absolute atomic E-state index is 0.208. The van der Waals surface area contributed by atoms with Crippen LogP contribution in [0.2, 0.25) is 5.02 Å². The highest BCUT2D eigenvalue weighted by Crippen LogP contribution is 2.26. The van der Waals surface area contributed by atoms with Crippen LogP contribution in [0, 0.1) is 6.92 Å². The molecule has 0 spiro atoms. The van der Waals surface area contributed by atoms with Crippen LogP contribution in [-0.2, 0) is 4.74 Å². The van der Waals surface area contributed by atoms with E-state index in [1.807, 2.05) is 37.3 Å². The zero-order chi connectivity index (χ0) is 20.2. The van der Waals surface area contributed by atoms with E-state index in [4.69, 9.17) is 20.8 Å². The number of rotatable bonds is 6. The summed E-state index contributed by atoms with van der Waals surface area (Å²) in [6.07, 6.45) is 0. The topological polar surface area (TPSA) is 72.5 Å². The number of hydrogen-bond donors (Lipinski definition) is 1. The number of aryl methyl sites for hydroxylation is 1. The molecule has 1 saturated heterocycles. The Morgan fingerprint density at radius 3 is 2.72 bits per heavy atom. The van der Waals surface area contributed by atoms with E-state index in [-0.39, 0.29) is 5.91 Å². The van der Waals surface area contributed by atoms with E-state index >= 15 is 0 Å². The molecule has 3 aromatic rings. The van der Waals surface area contributed by atoms with E-state index in [0.29, 0.717) is 34.4 Å². The third-order valence-electron chi connectivity index (χ3n) is 4.83. The fraction of sp³-hybridized carbons (Fsp3) is 0.333. The van der Waals surface area contributed by atoms with E-state index in [2.05, 4.69) is 15.3 Å². The first-order chi connectivity index (χ1) is 14.1. The second-order valence-corrected chi connectivity index (χ2v) is 7.31. The number of carbonyl (C=O) groups is 1. The molecule has 2 aromatic heterocycles. The summed E-state index contributed by atoms with van der Waals surface area (Å²) in [7, 11) is 0. The van der Waals surface area contributed by atoms with Gasteiger partial charge in [-0.25, -0.2) is 4.68 Å². The summed E-state index contributed by atoms with van der Waals surface area (Å²) in [5, 5.41) is 8.10. The molecule has 1 aliphatic rings. The number of aromatic nitrogens is 2. The van der Waals surface area contributed by atoms with E-state index in [9.17, 15) is 4.79 Å². The molecule has 8 heteroatoms. The van der Waals surface area contributed by atoms with Crippen molar-refractivity contribution >= 4 is 17.5 Å². The third kappa shape index (κ3) is 4.53. The Kier molecular flexibility index (Phi) is 5.99. The van der Waals surface area contributed by atoms with Crippen molar-refractivity contribution < 1.29 is 13.9 Å². The molecule has 1 aromatic carbocycles. The molecule has 29 heavy (non-hydrogen) atoms. The number of benzene rings is 1. The van der Waals surface area contributed by atoms with Crippen LogP contribution in [0.4, 0.5) is 0 Å². The first-order valence-corrected chi connectivity index (χ1v) is 10.00. The summed E-state index contributed by atoms with van der Waals surface area (Å²) in [5.41, 5.74) is 1.63. The Labute approximate surface area is 174 Å². The zero-order valence-electron chi connectivity index (χ0n) is 16.2. The summed E-state index contributed by atoms with van der Waals surface area (Å²) < 4.78 is 12.6. The highest BCUT2D eigenvalue weighted by molar-refractivity contribution is 6.32. The molecule has 4 rings (SSSR count). The molecule has 0 atom stereocenters. The lowest BCUT2D eigenvalue weighted by Gasteiger charge is -2.26. The highest BCUT2D eigenvalue weighted by Gasteiger charge is 2.20. The number of nitrogens with zero attached hydrogens (tertiary/aromatic N) is 3. The number of halogens is 1. The summed E-state index contributed by atoms with van der Waals surface area (Å²) in [5.74, 6) is 1.18. The fourth-order valence-corrected chi connectivity index (χ4v) is 3.50. The molecule has 0 unspecified atom stereocenters. The summed E-state index contributed by atoms with van der Waals surface area (Å²) in [4.78, 5) is 15.2. The van der Waals surface area contributed by atoms with Gasteiger partial charge >= 0.3 is 0 Å². The van der Waals surface area contributed by atoms with Crippen LogP contribution < -0.4 is 5.32 Å². The summed E-state index contributed by atoms with van der Waals surface area (Å²) in [6, 6.07) is 12.7. The lowest BCUT2D eigenvalue weighted by molar-refractivity contribution is 0.0383. The van der Waals surface area contributed by atoms with Crippen LogP contribution in [0.5, 0.6) is 0 Å². The number of furan rings is 1. The van der Waals surface area contributed by atoms with Crippen molar-refractivity contribution in [2.45, 2.75) is 6.92 Å². The molecule has 7 nitrogen and oxygen atoms in total. The molecule has 1 aliphatic heterocycles. The van der Waals surface area contributed by atoms with Crippen LogP contribution in [0.15, 0.2) is 46.9 Å². The number of para-hydroxylation sites is 1. The van der Waals surface area contributed by atoms with Gasteiger partial charge in [0.2, 0.25) is 0 Å². The Balaban J connectivity index is 1.57. The molecule has 152 valence electrons. The van der Waals surface area contributed by atoms with Crippen molar-refractivity contribution in [1.82, 2.24) is 20.0 Å². The zero-order valence-corrected chi connectivity index (χ0v) is 17.0. The largest absolute Gasteiger partial charge is 0.460 e. The number of carbonyl (C=O) groups excluding carboxylic acids is 1. The summed E-state index contributed by atoms with van der Waals surface area (Å²) >= 11 is 6.37. The predicted octanol–water partition coefficient (Wildman–Crippen LogP) is 3.16. The monoisotopic (exact) mass is 414 g/mol. The second-order valence-electron chi connectivity index (χ2n) is 6.90. The van der Waals surface area contributed by atoms with Crippen LogP contribution in [0.25, 0.3) is 17.1 Å². The Morgan fingerprint density at radius 2 is 2.00 bits per heavy atom. The quantitative estimate of drug-likeness (QED) is 0.670. The lowest BCUT2D eigenvalue weighted by atomic mass is 10.2. The SMILES string of the molecule is Cc1ccc(-c2cc(C(=O)NCCN3CCOCC3)n(-c3ccccc3Cl)n2)o1. The average molecular weight is 415 g/mol. The van der Waals surface area contributed by atoms with Gasteiger partial charge in [-0.15, -0.1) is 0 Å². The fourth-order valence-electron chi connectivity index (χ4n) is 3.29. The molecule has 0 radical (unpaired) electrons. The maximum atomic E-state index is 13.0. The number of ether oxygens (including phenoxy) is 1. The van der Waals surface area contributed by atoms with Gasteiger partial charge in [-0.1, -0.05) is 23.7 Å². The van der Waals surface area contributed by atoms with Gasteiger partial charge < -0.3 is 14.5 Å². The van der Waals surface area contributed by atoms with Crippen molar-refractivity contribution in [3.05, 3.63) is 58.9 Å². The average Bonchev–Trinajstić information content (AvgIpc) is 3.36. The molecule has 0 aliphatic carbocycles. The van der Waals surface area contributed by atoms with Crippen LogP contribution in [0.3, 0.4) is 0 Å². The van der Waals surface area contributed by atoms with E-state index in [1.54, 1.807) is 16.8 Å². The van der Waals surface area contributed by atoms with Crippen molar-refractivity contribution in [2.24, 2.45) is 0 Å². The summed E-state index contributed by atoms with van der Waals surface area (Å²) in [6.45, 7) is 6.43. The van der Waals surface area contributed by atoms with Gasteiger partial charge in [0, 0.05) is 32.2 Å². The minimum Gasteiger partial charge on any atom is -0.460 e. The smallest absolute Gasteiger partial charge is 0.270 e. The van der Waals surface area contributed by atoms with E-state index in [1.165, 1.54) is 0 Å². The van der Waals surface area contributed by atoms with Crippen LogP contribution in [-0.4, -0.2) is 60.0 Å². The van der Waals surface area contributed by atoms with Crippen LogP contribution >= 0.6 is 11.6 Å². The van der Waals surface area contributed by atoms with Gasteiger partial charge in [-0.3, -0.25) is 9.69 Å². The highest BCUT2D eigenvalue weighted by atomic mass is 35.5. The van der Waals surface area contributed by atoms with Gasteiger partial charge in [0.05, 0.1) is 23.9 Å². The van der Waals surface area contributed by atoms with Crippen molar-refractivity contribution in [3.8, 4) is 17.1 Å². The number of morpholine rings is 1. The third-order valence-corrected chi connectivity index (χ3v) is 5.15. The van der Waals surface area contributed by atoms with E-state index < -0.39 is 0 Å². The standard InChI is InChI=1S/C21H23ClN4O3/c1-15-6-7-20(29-15)17-14-19(26(24-17)18-5-3-2-4-16(18)22)21(27)23-8-9-25-10-12-28-13-11-25/h2-7,14H,8-13H2,1H3,(H,23,27). The molecular weight excluding hydrogens is 392 g/mol. The first-order valence-electron chi connectivity index (χ1n) is 9.62. The van der Waals surface area contributed by atoms with Gasteiger partial charge in [0.1, 0.15) is 17.1 Å². The normalized spacial score (nSPS) is 14.8. The molecule has 0 bridgehead atoms. The van der Waals surface area contributed by atoms with Gasteiger partial charge in [-0.05, 0) is 31.2 Å². The molecule has 0 saturated carbocycles. The van der Waals surface area contributed by atoms with Crippen molar-refractivity contribution in [1.29, 1.82) is 0 Å². The number of hydrogen-bond acceptors (Lipinski definition) is 5. The second kappa shape index (κ2) is 8.82. The molecule has 3 heterocycles.